The number of aromatic amines is 1. The van der Waals surface area contributed by atoms with Gasteiger partial charge in [0.2, 0.25) is 5.91 Å². The van der Waals surface area contributed by atoms with Crippen LogP contribution in [0.3, 0.4) is 0 Å². The molecule has 4 rings (SSSR count). The molecule has 22 heavy (non-hydrogen) atoms. The largest absolute Gasteiger partial charge is 0.364 e. The van der Waals surface area contributed by atoms with Crippen LogP contribution in [0.15, 0.2) is 72.9 Å². The zero-order valence-corrected chi connectivity index (χ0v) is 12.3. The topological polar surface area (TPSA) is 36.1 Å². The Balaban J connectivity index is 2.12. The Kier molecular flexibility index (Phi) is 2.70. The van der Waals surface area contributed by atoms with E-state index < -0.39 is 5.41 Å². The van der Waals surface area contributed by atoms with Crippen molar-refractivity contribution in [3.05, 3.63) is 89.7 Å². The highest BCUT2D eigenvalue weighted by atomic mass is 16.2. The molecule has 1 amide bonds. The Morgan fingerprint density at radius 3 is 2.36 bits per heavy atom. The quantitative estimate of drug-likeness (QED) is 0.771. The molecule has 2 aromatic carbocycles. The number of aromatic nitrogens is 1. The SMILES string of the molecule is CN1C(=O)C(c2ccccc2)(c2ccc[nH]2)c2ccccc21. The summed E-state index contributed by atoms with van der Waals surface area (Å²) in [5.41, 5.74) is 3.08. The van der Waals surface area contributed by atoms with E-state index in [0.717, 1.165) is 22.5 Å². The van der Waals surface area contributed by atoms with E-state index in [0.29, 0.717) is 0 Å². The standard InChI is InChI=1S/C19H16N2O/c1-21-16-11-6-5-10-15(16)19(18(21)22,17-12-7-13-20-17)14-8-3-2-4-9-14/h2-13,20H,1H3. The van der Waals surface area contributed by atoms with E-state index >= 15 is 0 Å². The van der Waals surface area contributed by atoms with Gasteiger partial charge in [0.1, 0.15) is 5.41 Å². The molecule has 0 aliphatic carbocycles. The summed E-state index contributed by atoms with van der Waals surface area (Å²) in [6.45, 7) is 0. The van der Waals surface area contributed by atoms with E-state index in [-0.39, 0.29) is 5.91 Å². The zero-order valence-electron chi connectivity index (χ0n) is 12.3. The first kappa shape index (κ1) is 12.9. The fraction of sp³-hybridized carbons (Fsp3) is 0.105. The molecular formula is C19H16N2O. The Morgan fingerprint density at radius 2 is 1.64 bits per heavy atom. The summed E-state index contributed by atoms with van der Waals surface area (Å²) >= 11 is 0. The molecule has 1 N–H and O–H groups in total. The highest BCUT2D eigenvalue weighted by Crippen LogP contribution is 2.49. The van der Waals surface area contributed by atoms with Crippen molar-refractivity contribution in [2.75, 3.05) is 11.9 Å². The van der Waals surface area contributed by atoms with Crippen LogP contribution in [0.2, 0.25) is 0 Å². The molecule has 108 valence electrons. The normalized spacial score (nSPS) is 20.2. The summed E-state index contributed by atoms with van der Waals surface area (Å²) in [5.74, 6) is 0.0716. The number of hydrogen-bond donors (Lipinski definition) is 1. The summed E-state index contributed by atoms with van der Waals surface area (Å²) in [7, 11) is 1.84. The van der Waals surface area contributed by atoms with Crippen LogP contribution in [0.5, 0.6) is 0 Å². The number of hydrogen-bond acceptors (Lipinski definition) is 1. The molecule has 0 radical (unpaired) electrons. The van der Waals surface area contributed by atoms with Gasteiger partial charge in [0.25, 0.3) is 0 Å². The number of likely N-dealkylation sites (N-methyl/N-ethyl adjacent to an activating group) is 1. The van der Waals surface area contributed by atoms with E-state index in [4.69, 9.17) is 0 Å². The predicted molar refractivity (Wildman–Crippen MR) is 87.0 cm³/mol. The van der Waals surface area contributed by atoms with Gasteiger partial charge in [-0.15, -0.1) is 0 Å². The summed E-state index contributed by atoms with van der Waals surface area (Å²) in [6, 6.07) is 21.9. The minimum Gasteiger partial charge on any atom is -0.364 e. The minimum atomic E-state index is -0.796. The summed E-state index contributed by atoms with van der Waals surface area (Å²) in [4.78, 5) is 18.3. The van der Waals surface area contributed by atoms with Gasteiger partial charge < -0.3 is 9.88 Å². The van der Waals surface area contributed by atoms with Gasteiger partial charge in [-0.1, -0.05) is 48.5 Å². The monoisotopic (exact) mass is 288 g/mol. The van der Waals surface area contributed by atoms with Crippen molar-refractivity contribution >= 4 is 11.6 Å². The first-order valence-corrected chi connectivity index (χ1v) is 7.33. The summed E-state index contributed by atoms with van der Waals surface area (Å²) in [6.07, 6.45) is 1.87. The summed E-state index contributed by atoms with van der Waals surface area (Å²) < 4.78 is 0. The second-order valence-corrected chi connectivity index (χ2v) is 5.58. The van der Waals surface area contributed by atoms with Crippen LogP contribution in [-0.2, 0) is 10.2 Å². The van der Waals surface area contributed by atoms with E-state index in [1.54, 1.807) is 4.90 Å². The van der Waals surface area contributed by atoms with Crippen LogP contribution in [0, 0.1) is 0 Å². The van der Waals surface area contributed by atoms with Crippen LogP contribution >= 0.6 is 0 Å². The third kappa shape index (κ3) is 1.48. The fourth-order valence-corrected chi connectivity index (χ4v) is 3.51. The molecule has 0 saturated carbocycles. The molecule has 0 spiro atoms. The number of para-hydroxylation sites is 1. The number of H-pyrrole nitrogens is 1. The maximum Gasteiger partial charge on any atom is 0.247 e. The number of carbonyl (C=O) groups excluding carboxylic acids is 1. The lowest BCUT2D eigenvalue weighted by Gasteiger charge is -2.28. The first-order chi connectivity index (χ1) is 10.8. The fourth-order valence-electron chi connectivity index (χ4n) is 3.51. The van der Waals surface area contributed by atoms with Gasteiger partial charge in [-0.3, -0.25) is 4.79 Å². The van der Waals surface area contributed by atoms with E-state index in [1.165, 1.54) is 0 Å². The van der Waals surface area contributed by atoms with Crippen LogP contribution in [-0.4, -0.2) is 17.9 Å². The molecule has 1 unspecified atom stereocenters. The highest BCUT2D eigenvalue weighted by Gasteiger charge is 2.52. The number of carbonyl (C=O) groups is 1. The maximum absolute atomic E-state index is 13.3. The number of fused-ring (bicyclic) bond motifs is 1. The minimum absolute atomic E-state index is 0.0716. The predicted octanol–water partition coefficient (Wildman–Crippen LogP) is 3.33. The van der Waals surface area contributed by atoms with Crippen molar-refractivity contribution in [1.29, 1.82) is 0 Å². The third-order valence-electron chi connectivity index (χ3n) is 4.50. The highest BCUT2D eigenvalue weighted by molar-refractivity contribution is 6.12. The smallest absolute Gasteiger partial charge is 0.247 e. The van der Waals surface area contributed by atoms with E-state index in [1.807, 2.05) is 80.0 Å². The van der Waals surface area contributed by atoms with Crippen LogP contribution < -0.4 is 4.90 Å². The van der Waals surface area contributed by atoms with E-state index in [2.05, 4.69) is 4.98 Å². The lowest BCUT2D eigenvalue weighted by atomic mass is 9.73. The van der Waals surface area contributed by atoms with Crippen molar-refractivity contribution in [3.8, 4) is 0 Å². The average Bonchev–Trinajstić information content (AvgIpc) is 3.17. The van der Waals surface area contributed by atoms with Crippen LogP contribution in [0.25, 0.3) is 0 Å². The van der Waals surface area contributed by atoms with Crippen molar-refractivity contribution < 1.29 is 4.79 Å². The Labute approximate surface area is 129 Å². The van der Waals surface area contributed by atoms with Gasteiger partial charge in [-0.05, 0) is 23.8 Å². The van der Waals surface area contributed by atoms with Crippen LogP contribution in [0.4, 0.5) is 5.69 Å². The number of amides is 1. The molecule has 1 aliphatic heterocycles. The molecule has 1 atom stereocenters. The molecule has 0 saturated heterocycles. The molecule has 3 nitrogen and oxygen atoms in total. The zero-order chi connectivity index (χ0) is 15.2. The van der Waals surface area contributed by atoms with Gasteiger partial charge in [-0.2, -0.15) is 0 Å². The van der Waals surface area contributed by atoms with E-state index in [9.17, 15) is 4.79 Å². The van der Waals surface area contributed by atoms with Gasteiger partial charge in [-0.25, -0.2) is 0 Å². The lowest BCUT2D eigenvalue weighted by Crippen LogP contribution is -2.41. The lowest BCUT2D eigenvalue weighted by molar-refractivity contribution is -0.120. The number of benzene rings is 2. The van der Waals surface area contributed by atoms with Gasteiger partial charge in [0.15, 0.2) is 0 Å². The Bertz CT molecular complexity index is 824. The molecule has 0 fully saturated rings. The second-order valence-electron chi connectivity index (χ2n) is 5.58. The van der Waals surface area contributed by atoms with Crippen molar-refractivity contribution in [1.82, 2.24) is 4.98 Å². The number of nitrogens with one attached hydrogen (secondary N) is 1. The molecule has 1 aliphatic rings. The van der Waals surface area contributed by atoms with Crippen LogP contribution in [0.1, 0.15) is 16.8 Å². The molecule has 1 aromatic heterocycles. The Morgan fingerprint density at radius 1 is 0.909 bits per heavy atom. The molecule has 2 heterocycles. The van der Waals surface area contributed by atoms with Crippen molar-refractivity contribution in [3.63, 3.8) is 0 Å². The van der Waals surface area contributed by atoms with Crippen molar-refractivity contribution in [2.24, 2.45) is 0 Å². The van der Waals surface area contributed by atoms with Gasteiger partial charge in [0, 0.05) is 30.2 Å². The molecule has 3 aromatic rings. The molecule has 3 heteroatoms. The maximum atomic E-state index is 13.3. The number of anilines is 1. The molecular weight excluding hydrogens is 272 g/mol. The van der Waals surface area contributed by atoms with Gasteiger partial charge >= 0.3 is 0 Å². The number of rotatable bonds is 2. The second kappa shape index (κ2) is 4.60. The number of nitrogens with zero attached hydrogens (tertiary/aromatic N) is 1. The Hall–Kier alpha value is -2.81. The third-order valence-corrected chi connectivity index (χ3v) is 4.50. The first-order valence-electron chi connectivity index (χ1n) is 7.33. The van der Waals surface area contributed by atoms with Gasteiger partial charge in [0.05, 0.1) is 0 Å². The average molecular weight is 288 g/mol. The van der Waals surface area contributed by atoms with Crippen molar-refractivity contribution in [2.45, 2.75) is 5.41 Å². The molecule has 0 bridgehead atoms. The summed E-state index contributed by atoms with van der Waals surface area (Å²) in [5, 5.41) is 0.